The molecule has 3 N–H and O–H groups in total. The summed E-state index contributed by atoms with van der Waals surface area (Å²) in [6.07, 6.45) is -13.4. The van der Waals surface area contributed by atoms with Gasteiger partial charge in [-0.3, -0.25) is 0 Å². The molecule has 2 rings (SSSR count). The zero-order valence-corrected chi connectivity index (χ0v) is 26.3. The SMILES string of the molecule is CC1(C)OCC(C([O-])C([O-])C([O-])CO)O1.CC1(C)OCC(C([O-])C([O-])CO)O1.[Be+2].[Be+2].[Be+2].[Be+2].[Be+2].[Be+2].[Be+2].[Be+2].[H-].[H-].[H-].[H-].[H-].[H-].[H-].[H-].[O-]CC([O-])C([O-])CO. The minimum absolute atomic E-state index is 0. The fourth-order valence-electron chi connectivity index (χ4n) is 2.85. The monoisotopic (exact) mass is 608 g/mol. The van der Waals surface area contributed by atoms with Crippen molar-refractivity contribution in [1.29, 1.82) is 0 Å². The molecule has 0 spiro atoms. The van der Waals surface area contributed by atoms with Gasteiger partial charge in [0.25, 0.3) is 0 Å². The molecule has 0 aliphatic carbocycles. The van der Waals surface area contributed by atoms with Crippen LogP contribution in [0.1, 0.15) is 39.1 Å². The third kappa shape index (κ3) is 24.9. The zero-order valence-electron chi connectivity index (χ0n) is 34.3. The van der Waals surface area contributed by atoms with Crippen LogP contribution in [-0.4, -0.2) is 202 Å². The van der Waals surface area contributed by atoms with Crippen molar-refractivity contribution in [2.45, 2.75) is 94.2 Å². The molecule has 0 bridgehead atoms. The molecule has 9 unspecified atom stereocenters. The van der Waals surface area contributed by atoms with Crippen LogP contribution in [0, 0.1) is 0 Å². The van der Waals surface area contributed by atoms with Gasteiger partial charge in [-0.15, -0.1) is 36.6 Å². The van der Waals surface area contributed by atoms with Crippen molar-refractivity contribution in [2.24, 2.45) is 0 Å². The molecule has 0 radical (unpaired) electrons. The van der Waals surface area contributed by atoms with Crippen LogP contribution in [0.15, 0.2) is 0 Å². The Hall–Kier alpha value is 0.751. The van der Waals surface area contributed by atoms with Crippen LogP contribution in [0.5, 0.6) is 0 Å². The predicted molar refractivity (Wildman–Crippen MR) is 157 cm³/mol. The molecule has 2 aliphatic heterocycles. The summed E-state index contributed by atoms with van der Waals surface area (Å²) in [7, 11) is 0. The number of rotatable bonds is 10. The van der Waals surface area contributed by atoms with Crippen LogP contribution in [-0.2, 0) is 18.9 Å². The van der Waals surface area contributed by atoms with Crippen LogP contribution in [0.3, 0.4) is 0 Å². The molecule has 2 fully saturated rings. The van der Waals surface area contributed by atoms with Gasteiger partial charge in [0.1, 0.15) is 0 Å². The van der Waals surface area contributed by atoms with Crippen molar-refractivity contribution >= 4 is 81.0 Å². The second-order valence-corrected chi connectivity index (χ2v) is 9.00. The van der Waals surface area contributed by atoms with E-state index in [1.807, 2.05) is 0 Å². The third-order valence-electron chi connectivity index (χ3n) is 4.97. The second-order valence-electron chi connectivity index (χ2n) is 9.00. The second kappa shape index (κ2) is 32.3. The van der Waals surface area contributed by atoms with E-state index in [1.54, 1.807) is 27.7 Å². The Morgan fingerprint density at radius 1 is 0.568 bits per heavy atom. The molecule has 2 heterocycles. The molecule has 0 amide bonds. The van der Waals surface area contributed by atoms with Crippen LogP contribution in [0.4, 0.5) is 0 Å². The first-order chi connectivity index (χ1) is 16.6. The number of aliphatic hydroxyl groups excluding tert-OH is 3. The Bertz CT molecular complexity index is 632. The Labute approximate surface area is 301 Å². The van der Waals surface area contributed by atoms with Gasteiger partial charge >= 0.3 is 81.0 Å². The Balaban J connectivity index is -0.0000000209. The number of ether oxygens (including phenoxy) is 4. The Morgan fingerprint density at radius 3 is 1.11 bits per heavy atom. The van der Waals surface area contributed by atoms with Gasteiger partial charge < -0.3 is 86.5 Å². The van der Waals surface area contributed by atoms with E-state index in [0.29, 0.717) is 0 Å². The fourth-order valence-corrected chi connectivity index (χ4v) is 2.85. The molecule has 0 aromatic rings. The van der Waals surface area contributed by atoms with Crippen molar-refractivity contribution in [3.63, 3.8) is 0 Å². The summed E-state index contributed by atoms with van der Waals surface area (Å²) in [6, 6.07) is 0. The molecular formula is C21H44Be8O15. The van der Waals surface area contributed by atoms with E-state index in [1.165, 1.54) is 0 Å². The third-order valence-corrected chi connectivity index (χ3v) is 4.97. The van der Waals surface area contributed by atoms with Crippen LogP contribution >= 0.6 is 0 Å². The molecular weight excluding hydrogens is 564 g/mol. The number of aliphatic hydroxyl groups is 3. The molecule has 2 saturated heterocycles. The molecule has 0 saturated carbocycles. The van der Waals surface area contributed by atoms with E-state index in [0.717, 1.165) is 0 Å². The average Bonchev–Trinajstić information content (AvgIpc) is 3.41. The van der Waals surface area contributed by atoms with Crippen LogP contribution in [0.25, 0.3) is 0 Å². The summed E-state index contributed by atoms with van der Waals surface area (Å²) in [5.41, 5.74) is 0. The van der Waals surface area contributed by atoms with Gasteiger partial charge in [0.2, 0.25) is 0 Å². The van der Waals surface area contributed by atoms with Gasteiger partial charge in [-0.25, -0.2) is 0 Å². The van der Waals surface area contributed by atoms with E-state index in [-0.39, 0.29) is 106 Å². The maximum Gasteiger partial charge on any atom is 2.00 e. The summed E-state index contributed by atoms with van der Waals surface area (Å²) in [6.45, 7) is 3.57. The molecule has 0 aromatic heterocycles. The van der Waals surface area contributed by atoms with Gasteiger partial charge in [0.05, 0.1) is 25.4 Å². The standard InChI is InChI=1S/C9H15O6.C8H14O5.C4H7O4.8Be.8H/c1-9(2)14-4-6(15-9)8(13)7(12)5(11)3-10;1-8(2)12-4-6(13-8)7(11)5(10)3-9;5-1-3(7)4(8)2-6;;;;;;;;;;;;;;;;/h5-8,10H,3-4H2,1-2H3;5-7,9H,3-4H2,1-2H3;3-5H,1-2H2;;;;;;;;;;;;;;;;/q-3;-2;-3;8*+2;8*-1. The maximum absolute atomic E-state index is 11.5. The Morgan fingerprint density at radius 2 is 0.886 bits per heavy atom. The first kappa shape index (κ1) is 67.0. The summed E-state index contributed by atoms with van der Waals surface area (Å²) in [4.78, 5) is 0. The normalized spacial score (nSPS) is 23.2. The summed E-state index contributed by atoms with van der Waals surface area (Å²) in [5, 5.41) is 110. The van der Waals surface area contributed by atoms with Gasteiger partial charge in [0, 0.05) is 19.8 Å². The summed E-state index contributed by atoms with van der Waals surface area (Å²) >= 11 is 0. The van der Waals surface area contributed by atoms with E-state index in [4.69, 9.17) is 34.3 Å². The molecule has 15 nitrogen and oxygen atoms in total. The Kier molecular flexibility index (Phi) is 49.2. The van der Waals surface area contributed by atoms with E-state index in [9.17, 15) is 40.9 Å². The molecule has 44 heavy (non-hydrogen) atoms. The first-order valence-electron chi connectivity index (χ1n) is 11.2. The van der Waals surface area contributed by atoms with Gasteiger partial charge in [-0.2, -0.15) is 12.7 Å². The van der Waals surface area contributed by atoms with Crippen LogP contribution < -0.4 is 40.9 Å². The average molecular weight is 609 g/mol. The van der Waals surface area contributed by atoms with Crippen molar-refractivity contribution in [3.8, 4) is 0 Å². The smallest absolute Gasteiger partial charge is 1.00 e. The number of hydrogen-bond donors (Lipinski definition) is 3. The quantitative estimate of drug-likeness (QED) is 0.194. The summed E-state index contributed by atoms with van der Waals surface area (Å²) in [5.74, 6) is -1.67. The van der Waals surface area contributed by atoms with E-state index < -0.39 is 92.9 Å². The van der Waals surface area contributed by atoms with Gasteiger partial charge in [-0.05, 0) is 27.7 Å². The van der Waals surface area contributed by atoms with Crippen molar-refractivity contribution in [2.75, 3.05) is 39.6 Å². The molecule has 2 aliphatic rings. The molecule has 0 aromatic carbocycles. The minimum atomic E-state index is -1.92. The largest absolute Gasteiger partial charge is 2.00 e. The predicted octanol–water partition coefficient (Wildman–Crippen LogP) is -12.4. The number of hydrogen-bond acceptors (Lipinski definition) is 15. The van der Waals surface area contributed by atoms with Crippen molar-refractivity contribution < 1.29 is 86.5 Å². The van der Waals surface area contributed by atoms with Gasteiger partial charge in [-0.1, -0.05) is 0 Å². The molecule has 234 valence electrons. The van der Waals surface area contributed by atoms with E-state index in [2.05, 4.69) is 0 Å². The fraction of sp³-hybridized carbons (Fsp3) is 1.00. The van der Waals surface area contributed by atoms with E-state index >= 15 is 0 Å². The first-order valence-corrected chi connectivity index (χ1v) is 11.2. The zero-order chi connectivity index (χ0) is 28.3. The minimum Gasteiger partial charge on any atom is -1.00 e. The van der Waals surface area contributed by atoms with Gasteiger partial charge in [0.15, 0.2) is 11.6 Å². The summed E-state index contributed by atoms with van der Waals surface area (Å²) < 4.78 is 20.6. The molecule has 9 atom stereocenters. The van der Waals surface area contributed by atoms with Crippen molar-refractivity contribution in [1.82, 2.24) is 0 Å². The van der Waals surface area contributed by atoms with Crippen LogP contribution in [0.2, 0.25) is 0 Å². The van der Waals surface area contributed by atoms with Crippen molar-refractivity contribution in [3.05, 3.63) is 0 Å². The topological polar surface area (TPSA) is 282 Å². The molecule has 23 heteroatoms. The maximum atomic E-state index is 11.5.